The Morgan fingerprint density at radius 2 is 1.78 bits per heavy atom. The van der Waals surface area contributed by atoms with Crippen LogP contribution in [0, 0.1) is 13.8 Å². The van der Waals surface area contributed by atoms with Crippen LogP contribution in [-0.4, -0.2) is 54.3 Å². The smallest absolute Gasteiger partial charge is 0.257 e. The van der Waals surface area contributed by atoms with Crippen LogP contribution in [0.15, 0.2) is 28.7 Å². The Hall–Kier alpha value is -2.02. The number of amides is 2. The van der Waals surface area contributed by atoms with E-state index in [1.54, 1.807) is 36.1 Å². The van der Waals surface area contributed by atoms with Crippen molar-refractivity contribution < 1.29 is 14.0 Å². The number of anilines is 1. The first kappa shape index (κ1) is 19.7. The van der Waals surface area contributed by atoms with Crippen LogP contribution in [0.5, 0.6) is 0 Å². The van der Waals surface area contributed by atoms with Crippen molar-refractivity contribution in [3.05, 3.63) is 51.4 Å². The summed E-state index contributed by atoms with van der Waals surface area (Å²) < 4.78 is 5.44. The van der Waals surface area contributed by atoms with Crippen molar-refractivity contribution in [1.82, 2.24) is 9.80 Å². The number of hydrogen-bond donors (Lipinski definition) is 1. The zero-order chi connectivity index (χ0) is 19.6. The lowest BCUT2D eigenvalue weighted by molar-refractivity contribution is -0.117. The van der Waals surface area contributed by atoms with E-state index in [-0.39, 0.29) is 18.4 Å². The van der Waals surface area contributed by atoms with Crippen molar-refractivity contribution in [1.29, 1.82) is 0 Å². The zero-order valence-electron chi connectivity index (χ0n) is 15.2. The molecule has 2 heterocycles. The highest BCUT2D eigenvalue weighted by Crippen LogP contribution is 2.25. The van der Waals surface area contributed by atoms with Crippen molar-refractivity contribution in [2.24, 2.45) is 0 Å². The van der Waals surface area contributed by atoms with Crippen LogP contribution < -0.4 is 5.32 Å². The van der Waals surface area contributed by atoms with Gasteiger partial charge in [0.1, 0.15) is 11.5 Å². The Labute approximate surface area is 168 Å². The minimum atomic E-state index is -0.130. The van der Waals surface area contributed by atoms with E-state index in [0.717, 1.165) is 5.76 Å². The van der Waals surface area contributed by atoms with Crippen LogP contribution in [0.4, 0.5) is 5.69 Å². The van der Waals surface area contributed by atoms with Crippen LogP contribution in [0.1, 0.15) is 21.9 Å². The molecule has 144 valence electrons. The Morgan fingerprint density at radius 1 is 1.07 bits per heavy atom. The third-order valence-corrected chi connectivity index (χ3v) is 5.24. The Kier molecular flexibility index (Phi) is 6.09. The second-order valence-electron chi connectivity index (χ2n) is 6.57. The van der Waals surface area contributed by atoms with Crippen molar-refractivity contribution >= 4 is 40.7 Å². The lowest BCUT2D eigenvalue weighted by atomic mass is 10.2. The molecule has 0 atom stereocenters. The Bertz CT molecular complexity index is 858. The van der Waals surface area contributed by atoms with Crippen LogP contribution in [0.2, 0.25) is 10.0 Å². The van der Waals surface area contributed by atoms with E-state index in [2.05, 4.69) is 5.32 Å². The standard InChI is InChI=1S/C19H21Cl2N3O3/c1-12-9-15(13(2)27-12)19(26)24-7-5-23(6-8-24)11-18(25)22-14-3-4-16(20)17(21)10-14/h3-4,9-10H,5-8,11H2,1-2H3,(H,22,25). The van der Waals surface area contributed by atoms with E-state index in [9.17, 15) is 9.59 Å². The highest BCUT2D eigenvalue weighted by Gasteiger charge is 2.25. The van der Waals surface area contributed by atoms with E-state index < -0.39 is 0 Å². The highest BCUT2D eigenvalue weighted by molar-refractivity contribution is 6.42. The molecule has 0 radical (unpaired) electrons. The number of halogens is 2. The van der Waals surface area contributed by atoms with E-state index in [1.807, 2.05) is 11.8 Å². The molecule has 1 aliphatic heterocycles. The fourth-order valence-electron chi connectivity index (χ4n) is 3.10. The fraction of sp³-hybridized carbons (Fsp3) is 0.368. The maximum absolute atomic E-state index is 12.6. The number of furan rings is 1. The molecule has 1 aliphatic rings. The quantitative estimate of drug-likeness (QED) is 0.837. The summed E-state index contributed by atoms with van der Waals surface area (Å²) in [5.74, 6) is 1.22. The SMILES string of the molecule is Cc1cc(C(=O)N2CCN(CC(=O)Nc3ccc(Cl)c(Cl)c3)CC2)c(C)o1. The van der Waals surface area contributed by atoms with E-state index in [4.69, 9.17) is 27.6 Å². The molecular weight excluding hydrogens is 389 g/mol. The maximum Gasteiger partial charge on any atom is 0.257 e. The summed E-state index contributed by atoms with van der Waals surface area (Å²) in [5.41, 5.74) is 1.22. The van der Waals surface area contributed by atoms with Crippen LogP contribution in [0.3, 0.4) is 0 Å². The largest absolute Gasteiger partial charge is 0.466 e. The maximum atomic E-state index is 12.6. The molecule has 0 aliphatic carbocycles. The lowest BCUT2D eigenvalue weighted by Crippen LogP contribution is -2.50. The molecule has 1 fully saturated rings. The predicted octanol–water partition coefficient (Wildman–Crippen LogP) is 3.60. The summed E-state index contributed by atoms with van der Waals surface area (Å²) in [7, 11) is 0. The van der Waals surface area contributed by atoms with Crippen LogP contribution in [-0.2, 0) is 4.79 Å². The van der Waals surface area contributed by atoms with Gasteiger partial charge in [0.15, 0.2) is 0 Å². The van der Waals surface area contributed by atoms with Gasteiger partial charge >= 0.3 is 0 Å². The Morgan fingerprint density at radius 3 is 2.37 bits per heavy atom. The number of benzene rings is 1. The number of carbonyl (C=O) groups excluding carboxylic acids is 2. The average Bonchev–Trinajstić information content (AvgIpc) is 2.96. The molecule has 3 rings (SSSR count). The molecule has 1 aromatic heterocycles. The van der Waals surface area contributed by atoms with Crippen molar-refractivity contribution in [2.45, 2.75) is 13.8 Å². The predicted molar refractivity (Wildman–Crippen MR) is 106 cm³/mol. The second-order valence-corrected chi connectivity index (χ2v) is 7.39. The van der Waals surface area contributed by atoms with Gasteiger partial charge in [-0.15, -0.1) is 0 Å². The van der Waals surface area contributed by atoms with Crippen LogP contribution >= 0.6 is 23.2 Å². The third-order valence-electron chi connectivity index (χ3n) is 4.50. The van der Waals surface area contributed by atoms with Gasteiger partial charge in [-0.05, 0) is 38.1 Å². The molecule has 27 heavy (non-hydrogen) atoms. The molecule has 1 saturated heterocycles. The first-order chi connectivity index (χ1) is 12.8. The van der Waals surface area contributed by atoms with Gasteiger partial charge in [-0.2, -0.15) is 0 Å². The molecule has 6 nitrogen and oxygen atoms in total. The van der Waals surface area contributed by atoms with Gasteiger partial charge in [-0.3, -0.25) is 14.5 Å². The number of nitrogens with zero attached hydrogens (tertiary/aromatic N) is 2. The first-order valence-electron chi connectivity index (χ1n) is 8.67. The second kappa shape index (κ2) is 8.33. The number of hydrogen-bond acceptors (Lipinski definition) is 4. The van der Waals surface area contributed by atoms with Gasteiger partial charge in [0, 0.05) is 31.9 Å². The minimum absolute atomic E-state index is 0.0238. The number of nitrogens with one attached hydrogen (secondary N) is 1. The number of carbonyl (C=O) groups is 2. The third kappa shape index (κ3) is 4.83. The summed E-state index contributed by atoms with van der Waals surface area (Å²) in [5, 5.41) is 3.65. The number of piperazine rings is 1. The number of aryl methyl sites for hydroxylation is 2. The van der Waals surface area contributed by atoms with Gasteiger partial charge in [0.2, 0.25) is 5.91 Å². The molecule has 8 heteroatoms. The van der Waals surface area contributed by atoms with E-state index in [1.165, 1.54) is 0 Å². The zero-order valence-corrected chi connectivity index (χ0v) is 16.7. The molecule has 1 N–H and O–H groups in total. The van der Waals surface area contributed by atoms with Crippen LogP contribution in [0.25, 0.3) is 0 Å². The summed E-state index contributed by atoms with van der Waals surface area (Å²) in [6.07, 6.45) is 0. The minimum Gasteiger partial charge on any atom is -0.466 e. The molecule has 2 amide bonds. The van der Waals surface area contributed by atoms with Gasteiger partial charge in [-0.25, -0.2) is 0 Å². The summed E-state index contributed by atoms with van der Waals surface area (Å²) in [4.78, 5) is 28.7. The normalized spacial score (nSPS) is 15.0. The van der Waals surface area contributed by atoms with E-state index >= 15 is 0 Å². The van der Waals surface area contributed by atoms with Crippen molar-refractivity contribution in [2.75, 3.05) is 38.0 Å². The summed E-state index contributed by atoms with van der Waals surface area (Å²) in [6.45, 7) is 6.29. The topological polar surface area (TPSA) is 65.8 Å². The van der Waals surface area contributed by atoms with Gasteiger partial charge < -0.3 is 14.6 Å². The monoisotopic (exact) mass is 409 g/mol. The summed E-state index contributed by atoms with van der Waals surface area (Å²) >= 11 is 11.8. The van der Waals surface area contributed by atoms with Gasteiger partial charge in [0.05, 0.1) is 22.2 Å². The molecule has 0 spiro atoms. The van der Waals surface area contributed by atoms with Crippen molar-refractivity contribution in [3.8, 4) is 0 Å². The molecule has 1 aromatic carbocycles. The van der Waals surface area contributed by atoms with Crippen molar-refractivity contribution in [3.63, 3.8) is 0 Å². The fourth-order valence-corrected chi connectivity index (χ4v) is 3.40. The molecule has 0 bridgehead atoms. The number of rotatable bonds is 4. The van der Waals surface area contributed by atoms with Gasteiger partial charge in [-0.1, -0.05) is 23.2 Å². The molecular formula is C19H21Cl2N3O3. The first-order valence-corrected chi connectivity index (χ1v) is 9.42. The van der Waals surface area contributed by atoms with Gasteiger partial charge in [0.25, 0.3) is 5.91 Å². The van der Waals surface area contributed by atoms with E-state index in [0.29, 0.717) is 53.2 Å². The molecule has 0 saturated carbocycles. The molecule has 0 unspecified atom stereocenters. The lowest BCUT2D eigenvalue weighted by Gasteiger charge is -2.34. The molecule has 2 aromatic rings. The summed E-state index contributed by atoms with van der Waals surface area (Å²) in [6, 6.07) is 6.74. The average molecular weight is 410 g/mol. The Balaban J connectivity index is 1.50. The highest BCUT2D eigenvalue weighted by atomic mass is 35.5.